The normalized spacial score (nSPS) is 26.4. The Bertz CT molecular complexity index is 256. The predicted molar refractivity (Wildman–Crippen MR) is 81.5 cm³/mol. The largest absolute Gasteiger partial charge is 0.388 e. The molecule has 0 aromatic carbocycles. The van der Waals surface area contributed by atoms with Gasteiger partial charge in [-0.2, -0.15) is 0 Å². The Balaban J connectivity index is 2.56. The first-order valence-corrected chi connectivity index (χ1v) is 7.72. The first-order chi connectivity index (χ1) is 8.84. The summed E-state index contributed by atoms with van der Waals surface area (Å²) in [4.78, 5) is 4.89. The zero-order valence-corrected chi connectivity index (χ0v) is 13.4. The van der Waals surface area contributed by atoms with Crippen molar-refractivity contribution in [1.29, 1.82) is 0 Å². The summed E-state index contributed by atoms with van der Waals surface area (Å²) in [6.45, 7) is 13.2. The van der Waals surface area contributed by atoms with Crippen LogP contribution in [0.4, 0.5) is 0 Å². The highest BCUT2D eigenvalue weighted by Gasteiger charge is 2.29. The Kier molecular flexibility index (Phi) is 6.74. The van der Waals surface area contributed by atoms with E-state index in [1.165, 1.54) is 13.0 Å². The van der Waals surface area contributed by atoms with Crippen LogP contribution in [0.1, 0.15) is 40.5 Å². The van der Waals surface area contributed by atoms with Gasteiger partial charge in [-0.15, -0.1) is 0 Å². The zero-order valence-electron chi connectivity index (χ0n) is 13.4. The number of nitrogens with one attached hydrogen (secondary N) is 1. The van der Waals surface area contributed by atoms with E-state index in [1.54, 1.807) is 0 Å². The van der Waals surface area contributed by atoms with E-state index in [2.05, 4.69) is 42.9 Å². The predicted octanol–water partition coefficient (Wildman–Crippen LogP) is 1.15. The Morgan fingerprint density at radius 2 is 2.05 bits per heavy atom. The van der Waals surface area contributed by atoms with Gasteiger partial charge >= 0.3 is 0 Å². The summed E-state index contributed by atoms with van der Waals surface area (Å²) in [7, 11) is 2.20. The van der Waals surface area contributed by atoms with Crippen LogP contribution in [0.5, 0.6) is 0 Å². The van der Waals surface area contributed by atoms with E-state index in [4.69, 9.17) is 0 Å². The van der Waals surface area contributed by atoms with E-state index in [0.29, 0.717) is 18.6 Å². The number of hydrogen-bond acceptors (Lipinski definition) is 4. The van der Waals surface area contributed by atoms with Crippen LogP contribution in [0.2, 0.25) is 0 Å². The van der Waals surface area contributed by atoms with E-state index in [-0.39, 0.29) is 0 Å². The summed E-state index contributed by atoms with van der Waals surface area (Å²) in [6, 6.07) is 0.988. The molecule has 0 amide bonds. The lowest BCUT2D eigenvalue weighted by atomic mass is 10.0. The molecule has 4 nitrogen and oxygen atoms in total. The van der Waals surface area contributed by atoms with Gasteiger partial charge in [0.1, 0.15) is 0 Å². The van der Waals surface area contributed by atoms with Crippen LogP contribution in [0.3, 0.4) is 0 Å². The summed E-state index contributed by atoms with van der Waals surface area (Å²) in [5.74, 6) is 0. The summed E-state index contributed by atoms with van der Waals surface area (Å²) in [5, 5.41) is 13.9. The first-order valence-electron chi connectivity index (χ1n) is 7.72. The van der Waals surface area contributed by atoms with Gasteiger partial charge < -0.3 is 15.3 Å². The molecule has 0 aromatic rings. The fourth-order valence-corrected chi connectivity index (χ4v) is 2.81. The molecule has 2 unspecified atom stereocenters. The molecule has 19 heavy (non-hydrogen) atoms. The molecule has 114 valence electrons. The molecule has 2 atom stereocenters. The van der Waals surface area contributed by atoms with Crippen molar-refractivity contribution in [2.24, 2.45) is 0 Å². The van der Waals surface area contributed by atoms with E-state index in [9.17, 15) is 5.11 Å². The Hall–Kier alpha value is -0.160. The van der Waals surface area contributed by atoms with Gasteiger partial charge in [0.15, 0.2) is 0 Å². The maximum Gasteiger partial charge on any atom is 0.0869 e. The molecule has 1 aliphatic heterocycles. The van der Waals surface area contributed by atoms with Crippen molar-refractivity contribution >= 4 is 0 Å². The lowest BCUT2D eigenvalue weighted by Gasteiger charge is -2.36. The molecule has 4 heteroatoms. The van der Waals surface area contributed by atoms with Gasteiger partial charge in [-0.25, -0.2) is 0 Å². The van der Waals surface area contributed by atoms with Gasteiger partial charge in [-0.1, -0.05) is 20.8 Å². The lowest BCUT2D eigenvalue weighted by molar-refractivity contribution is 0.00535. The van der Waals surface area contributed by atoms with E-state index < -0.39 is 5.60 Å². The van der Waals surface area contributed by atoms with Crippen molar-refractivity contribution in [2.45, 2.75) is 58.2 Å². The number of aliphatic hydroxyl groups is 1. The third-order valence-electron chi connectivity index (χ3n) is 3.93. The van der Waals surface area contributed by atoms with Crippen molar-refractivity contribution < 1.29 is 5.11 Å². The van der Waals surface area contributed by atoms with Crippen LogP contribution in [0, 0.1) is 0 Å². The minimum absolute atomic E-state index is 0.420. The topological polar surface area (TPSA) is 38.7 Å². The van der Waals surface area contributed by atoms with Gasteiger partial charge in [0, 0.05) is 31.7 Å². The number of β-amino-alcohol motifs (C(OH)–C–C–N with tert-alkyl or cyclic N) is 1. The molecular weight excluding hydrogens is 238 g/mol. The van der Waals surface area contributed by atoms with Gasteiger partial charge in [-0.05, 0) is 39.9 Å². The minimum atomic E-state index is -0.652. The minimum Gasteiger partial charge on any atom is -0.388 e. The lowest BCUT2D eigenvalue weighted by Crippen LogP contribution is -2.52. The van der Waals surface area contributed by atoms with Crippen molar-refractivity contribution in [2.75, 3.05) is 39.8 Å². The van der Waals surface area contributed by atoms with Crippen molar-refractivity contribution in [3.05, 3.63) is 0 Å². The molecule has 0 spiro atoms. The van der Waals surface area contributed by atoms with Crippen LogP contribution in [-0.4, -0.2) is 72.4 Å². The number of hydrogen-bond donors (Lipinski definition) is 2. The van der Waals surface area contributed by atoms with Gasteiger partial charge in [0.05, 0.1) is 5.60 Å². The fraction of sp³-hybridized carbons (Fsp3) is 1.00. The Labute approximate surface area is 119 Å². The maximum absolute atomic E-state index is 10.6. The molecule has 0 aliphatic carbocycles. The molecule has 2 N–H and O–H groups in total. The van der Waals surface area contributed by atoms with Crippen LogP contribution in [0.25, 0.3) is 0 Å². The molecule has 1 rings (SSSR count). The monoisotopic (exact) mass is 271 g/mol. The second-order valence-electron chi connectivity index (χ2n) is 6.68. The maximum atomic E-state index is 10.6. The first kappa shape index (κ1) is 16.9. The van der Waals surface area contributed by atoms with Crippen molar-refractivity contribution in [1.82, 2.24) is 15.1 Å². The van der Waals surface area contributed by atoms with Crippen LogP contribution >= 0.6 is 0 Å². The molecule has 0 saturated carbocycles. The third kappa shape index (κ3) is 6.21. The van der Waals surface area contributed by atoms with Crippen LogP contribution in [0.15, 0.2) is 0 Å². The second-order valence-corrected chi connectivity index (χ2v) is 6.68. The van der Waals surface area contributed by atoms with Crippen molar-refractivity contribution in [3.8, 4) is 0 Å². The summed E-state index contributed by atoms with van der Waals surface area (Å²) in [6.07, 6.45) is 2.35. The Morgan fingerprint density at radius 3 is 2.63 bits per heavy atom. The average Bonchev–Trinajstić information content (AvgIpc) is 2.48. The SMILES string of the molecule is CCC1CN(C)CCCN1CC(C)(O)CNC(C)C. The summed E-state index contributed by atoms with van der Waals surface area (Å²) >= 11 is 0. The molecular formula is C15H33N3O. The summed E-state index contributed by atoms with van der Waals surface area (Å²) < 4.78 is 0. The van der Waals surface area contributed by atoms with Crippen molar-refractivity contribution in [3.63, 3.8) is 0 Å². The molecule has 0 aromatic heterocycles. The quantitative estimate of drug-likeness (QED) is 0.760. The highest BCUT2D eigenvalue weighted by atomic mass is 16.3. The molecule has 0 bridgehead atoms. The zero-order chi connectivity index (χ0) is 14.5. The molecule has 1 fully saturated rings. The standard InChI is InChI=1S/C15H33N3O/c1-6-14-10-17(5)8-7-9-18(14)12-15(4,19)11-16-13(2)3/h13-14,16,19H,6-12H2,1-5H3. The van der Waals surface area contributed by atoms with E-state index in [0.717, 1.165) is 26.1 Å². The molecule has 0 radical (unpaired) electrons. The molecule has 1 saturated heterocycles. The van der Waals surface area contributed by atoms with E-state index in [1.807, 2.05) is 6.92 Å². The average molecular weight is 271 g/mol. The third-order valence-corrected chi connectivity index (χ3v) is 3.93. The number of rotatable bonds is 6. The molecule has 1 heterocycles. The van der Waals surface area contributed by atoms with E-state index >= 15 is 0 Å². The summed E-state index contributed by atoms with van der Waals surface area (Å²) in [5.41, 5.74) is -0.652. The number of nitrogens with zero attached hydrogens (tertiary/aromatic N) is 2. The highest BCUT2D eigenvalue weighted by molar-refractivity contribution is 4.86. The smallest absolute Gasteiger partial charge is 0.0869 e. The van der Waals surface area contributed by atoms with Crippen LogP contribution < -0.4 is 5.32 Å². The molecule has 1 aliphatic rings. The van der Waals surface area contributed by atoms with Gasteiger partial charge in [0.2, 0.25) is 0 Å². The highest BCUT2D eigenvalue weighted by Crippen LogP contribution is 2.16. The fourth-order valence-electron chi connectivity index (χ4n) is 2.81. The van der Waals surface area contributed by atoms with Crippen LogP contribution in [-0.2, 0) is 0 Å². The second kappa shape index (κ2) is 7.58. The number of likely N-dealkylation sites (N-methyl/N-ethyl adjacent to an activating group) is 1. The van der Waals surface area contributed by atoms with Gasteiger partial charge in [-0.3, -0.25) is 4.90 Å². The van der Waals surface area contributed by atoms with Gasteiger partial charge in [0.25, 0.3) is 0 Å². The Morgan fingerprint density at radius 1 is 1.37 bits per heavy atom.